The Morgan fingerprint density at radius 2 is 1.86 bits per heavy atom. The molecule has 0 aliphatic heterocycles. The van der Waals surface area contributed by atoms with Gasteiger partial charge in [0.15, 0.2) is 5.75 Å². The molecule has 0 bridgehead atoms. The SMILES string of the molecule is Nc1cn(Nc2ccccc2)cc1O. The number of nitrogens with one attached hydrogen (secondary N) is 1. The van der Waals surface area contributed by atoms with Crippen LogP contribution in [0.4, 0.5) is 11.4 Å². The zero-order chi connectivity index (χ0) is 9.97. The van der Waals surface area contributed by atoms with Gasteiger partial charge in [0, 0.05) is 0 Å². The highest BCUT2D eigenvalue weighted by molar-refractivity contribution is 5.52. The number of aromatic nitrogens is 1. The summed E-state index contributed by atoms with van der Waals surface area (Å²) in [5, 5.41) is 9.23. The Kier molecular flexibility index (Phi) is 2.02. The molecule has 1 aromatic carbocycles. The molecule has 2 rings (SSSR count). The van der Waals surface area contributed by atoms with E-state index in [0.29, 0.717) is 5.69 Å². The van der Waals surface area contributed by atoms with Crippen molar-refractivity contribution in [1.82, 2.24) is 4.68 Å². The lowest BCUT2D eigenvalue weighted by Gasteiger charge is -2.05. The average Bonchev–Trinajstić information content (AvgIpc) is 2.47. The van der Waals surface area contributed by atoms with E-state index in [-0.39, 0.29) is 5.75 Å². The van der Waals surface area contributed by atoms with Gasteiger partial charge in [-0.15, -0.1) is 0 Å². The molecule has 0 amide bonds. The van der Waals surface area contributed by atoms with Crippen LogP contribution in [0.15, 0.2) is 42.7 Å². The predicted molar refractivity (Wildman–Crippen MR) is 56.0 cm³/mol. The number of nitrogens with two attached hydrogens (primary N) is 1. The van der Waals surface area contributed by atoms with Crippen LogP contribution in [0.5, 0.6) is 5.75 Å². The number of anilines is 2. The zero-order valence-electron chi connectivity index (χ0n) is 7.51. The summed E-state index contributed by atoms with van der Waals surface area (Å²) in [4.78, 5) is 0. The second-order valence-electron chi connectivity index (χ2n) is 2.98. The summed E-state index contributed by atoms with van der Waals surface area (Å²) >= 11 is 0. The molecule has 0 aliphatic rings. The third-order valence-corrected chi connectivity index (χ3v) is 1.87. The van der Waals surface area contributed by atoms with Gasteiger partial charge in [-0.05, 0) is 12.1 Å². The lowest BCUT2D eigenvalue weighted by atomic mass is 10.3. The first-order chi connectivity index (χ1) is 6.75. The van der Waals surface area contributed by atoms with E-state index in [0.717, 1.165) is 5.69 Å². The van der Waals surface area contributed by atoms with E-state index < -0.39 is 0 Å². The Balaban J connectivity index is 2.19. The molecule has 2 aromatic rings. The highest BCUT2D eigenvalue weighted by atomic mass is 16.3. The van der Waals surface area contributed by atoms with Gasteiger partial charge in [-0.2, -0.15) is 0 Å². The number of rotatable bonds is 2. The number of hydrogen-bond acceptors (Lipinski definition) is 3. The van der Waals surface area contributed by atoms with Crippen molar-refractivity contribution in [2.45, 2.75) is 0 Å². The van der Waals surface area contributed by atoms with Gasteiger partial charge in [-0.3, -0.25) is 10.1 Å². The third-order valence-electron chi connectivity index (χ3n) is 1.87. The van der Waals surface area contributed by atoms with Crippen LogP contribution in [0.3, 0.4) is 0 Å². The number of nitrogen functional groups attached to an aromatic ring is 1. The molecule has 0 atom stereocenters. The van der Waals surface area contributed by atoms with E-state index in [1.807, 2.05) is 30.3 Å². The number of benzene rings is 1. The molecule has 4 nitrogen and oxygen atoms in total. The van der Waals surface area contributed by atoms with Gasteiger partial charge < -0.3 is 10.8 Å². The van der Waals surface area contributed by atoms with Crippen LogP contribution in [0.25, 0.3) is 0 Å². The fourth-order valence-corrected chi connectivity index (χ4v) is 1.19. The Morgan fingerprint density at radius 1 is 1.14 bits per heavy atom. The Morgan fingerprint density at radius 3 is 2.43 bits per heavy atom. The van der Waals surface area contributed by atoms with E-state index in [9.17, 15) is 5.11 Å². The highest BCUT2D eigenvalue weighted by Gasteiger charge is 2.00. The van der Waals surface area contributed by atoms with Crippen molar-refractivity contribution in [2.24, 2.45) is 0 Å². The van der Waals surface area contributed by atoms with Crippen molar-refractivity contribution in [1.29, 1.82) is 0 Å². The van der Waals surface area contributed by atoms with Crippen molar-refractivity contribution in [3.8, 4) is 5.75 Å². The highest BCUT2D eigenvalue weighted by Crippen LogP contribution is 2.19. The van der Waals surface area contributed by atoms with E-state index in [2.05, 4.69) is 5.43 Å². The summed E-state index contributed by atoms with van der Waals surface area (Å²) in [6.07, 6.45) is 3.13. The third kappa shape index (κ3) is 1.64. The van der Waals surface area contributed by atoms with Crippen LogP contribution < -0.4 is 11.2 Å². The molecule has 0 aliphatic carbocycles. The van der Waals surface area contributed by atoms with Crippen LogP contribution in [-0.4, -0.2) is 9.78 Å². The minimum Gasteiger partial charge on any atom is -0.504 e. The standard InChI is InChI=1S/C10H11N3O/c11-9-6-13(7-10(9)14)12-8-4-2-1-3-5-8/h1-7,12,14H,11H2. The first-order valence-electron chi connectivity index (χ1n) is 4.24. The molecule has 0 radical (unpaired) electrons. The van der Waals surface area contributed by atoms with Gasteiger partial charge >= 0.3 is 0 Å². The number of aromatic hydroxyl groups is 1. The molecule has 0 spiro atoms. The molecule has 4 N–H and O–H groups in total. The molecule has 4 heteroatoms. The summed E-state index contributed by atoms with van der Waals surface area (Å²) < 4.78 is 1.61. The molecule has 1 heterocycles. The van der Waals surface area contributed by atoms with E-state index in [1.165, 1.54) is 6.20 Å². The maximum atomic E-state index is 9.23. The summed E-state index contributed by atoms with van der Waals surface area (Å²) in [6, 6.07) is 9.64. The fourth-order valence-electron chi connectivity index (χ4n) is 1.19. The summed E-state index contributed by atoms with van der Waals surface area (Å²) in [6.45, 7) is 0. The number of para-hydroxylation sites is 1. The van der Waals surface area contributed by atoms with Crippen LogP contribution in [0.2, 0.25) is 0 Å². The van der Waals surface area contributed by atoms with Crippen molar-refractivity contribution in [3.63, 3.8) is 0 Å². The molecule has 14 heavy (non-hydrogen) atoms. The summed E-state index contributed by atoms with van der Waals surface area (Å²) in [7, 11) is 0. The summed E-state index contributed by atoms with van der Waals surface area (Å²) in [5.74, 6) is 0.0773. The minimum atomic E-state index is 0.0773. The van der Waals surface area contributed by atoms with Crippen molar-refractivity contribution >= 4 is 11.4 Å². The largest absolute Gasteiger partial charge is 0.504 e. The normalized spacial score (nSPS) is 10.0. The van der Waals surface area contributed by atoms with Gasteiger partial charge in [0.2, 0.25) is 0 Å². The maximum absolute atomic E-state index is 9.23. The number of nitrogens with zero attached hydrogens (tertiary/aromatic N) is 1. The Labute approximate surface area is 81.6 Å². The van der Waals surface area contributed by atoms with E-state index in [1.54, 1.807) is 10.9 Å². The monoisotopic (exact) mass is 189 g/mol. The van der Waals surface area contributed by atoms with Gasteiger partial charge in [0.1, 0.15) is 0 Å². The summed E-state index contributed by atoms with van der Waals surface area (Å²) in [5.41, 5.74) is 9.81. The molecule has 1 aromatic heterocycles. The van der Waals surface area contributed by atoms with Gasteiger partial charge in [0.25, 0.3) is 0 Å². The molecule has 0 saturated carbocycles. The fraction of sp³-hybridized carbons (Fsp3) is 0. The average molecular weight is 189 g/mol. The molecule has 72 valence electrons. The molecular weight excluding hydrogens is 178 g/mol. The quantitative estimate of drug-likeness (QED) is 0.673. The van der Waals surface area contributed by atoms with Crippen LogP contribution in [0.1, 0.15) is 0 Å². The molecule has 0 saturated heterocycles. The van der Waals surface area contributed by atoms with Crippen molar-refractivity contribution in [3.05, 3.63) is 42.7 Å². The first kappa shape index (κ1) is 8.50. The first-order valence-corrected chi connectivity index (χ1v) is 4.24. The second kappa shape index (κ2) is 3.33. The van der Waals surface area contributed by atoms with E-state index >= 15 is 0 Å². The second-order valence-corrected chi connectivity index (χ2v) is 2.98. The zero-order valence-corrected chi connectivity index (χ0v) is 7.51. The molecule has 0 fully saturated rings. The lowest BCUT2D eigenvalue weighted by Crippen LogP contribution is -2.05. The minimum absolute atomic E-state index is 0.0773. The van der Waals surface area contributed by atoms with Crippen LogP contribution in [0, 0.1) is 0 Å². The van der Waals surface area contributed by atoms with Gasteiger partial charge in [-0.25, -0.2) is 0 Å². The van der Waals surface area contributed by atoms with Crippen molar-refractivity contribution < 1.29 is 5.11 Å². The topological polar surface area (TPSA) is 63.2 Å². The molecular formula is C10H11N3O. The maximum Gasteiger partial charge on any atom is 0.158 e. The predicted octanol–water partition coefficient (Wildman–Crippen LogP) is 1.65. The van der Waals surface area contributed by atoms with Gasteiger partial charge in [0.05, 0.1) is 23.8 Å². The van der Waals surface area contributed by atoms with Crippen molar-refractivity contribution in [2.75, 3.05) is 11.2 Å². The van der Waals surface area contributed by atoms with E-state index in [4.69, 9.17) is 5.73 Å². The Bertz CT molecular complexity index is 403. The Hall–Kier alpha value is -2.10. The molecule has 0 unspecified atom stereocenters. The van der Waals surface area contributed by atoms with Crippen LogP contribution >= 0.6 is 0 Å². The lowest BCUT2D eigenvalue weighted by molar-refractivity contribution is 0.477. The number of hydrogen-bond donors (Lipinski definition) is 3. The van der Waals surface area contributed by atoms with Gasteiger partial charge in [-0.1, -0.05) is 18.2 Å². The van der Waals surface area contributed by atoms with Crippen LogP contribution in [-0.2, 0) is 0 Å². The smallest absolute Gasteiger partial charge is 0.158 e.